The van der Waals surface area contributed by atoms with Crippen molar-refractivity contribution in [1.82, 2.24) is 4.90 Å². The second-order valence-corrected chi connectivity index (χ2v) is 4.80. The topological polar surface area (TPSA) is 38.8 Å². The molecule has 0 saturated carbocycles. The predicted molar refractivity (Wildman–Crippen MR) is 73.5 cm³/mol. The van der Waals surface area contributed by atoms with Gasteiger partial charge in [-0.25, -0.2) is 0 Å². The van der Waals surface area contributed by atoms with E-state index in [1.54, 1.807) is 21.1 Å². The first-order valence-corrected chi connectivity index (χ1v) is 6.67. The summed E-state index contributed by atoms with van der Waals surface area (Å²) in [5.74, 6) is 1.69. The summed E-state index contributed by atoms with van der Waals surface area (Å²) >= 11 is 0. The fraction of sp³-hybridized carbons (Fsp3) is 0.533. The average molecular weight is 263 g/mol. The molecule has 0 radical (unpaired) electrons. The third-order valence-corrected chi connectivity index (χ3v) is 3.71. The van der Waals surface area contributed by atoms with Crippen LogP contribution in [0.1, 0.15) is 37.8 Å². The van der Waals surface area contributed by atoms with Gasteiger partial charge in [0.25, 0.3) is 0 Å². The van der Waals surface area contributed by atoms with Gasteiger partial charge in [-0.1, -0.05) is 6.07 Å². The molecule has 2 rings (SSSR count). The third kappa shape index (κ3) is 2.67. The molecule has 1 saturated heterocycles. The fourth-order valence-electron chi connectivity index (χ4n) is 2.82. The number of nitrogens with zero attached hydrogens (tertiary/aromatic N) is 1. The molecule has 4 heteroatoms. The van der Waals surface area contributed by atoms with E-state index in [1.807, 2.05) is 23.1 Å². The Morgan fingerprint density at radius 1 is 1.21 bits per heavy atom. The van der Waals surface area contributed by atoms with Gasteiger partial charge in [0.05, 0.1) is 25.8 Å². The van der Waals surface area contributed by atoms with Gasteiger partial charge in [0.15, 0.2) is 0 Å². The van der Waals surface area contributed by atoms with E-state index in [0.29, 0.717) is 0 Å². The lowest BCUT2D eigenvalue weighted by Crippen LogP contribution is -2.37. The first-order chi connectivity index (χ1) is 9.19. The average Bonchev–Trinajstić information content (AvgIpc) is 2.46. The molecule has 0 bridgehead atoms. The largest absolute Gasteiger partial charge is 0.496 e. The van der Waals surface area contributed by atoms with Crippen LogP contribution in [-0.2, 0) is 4.79 Å². The standard InChI is InChI=1S/C15H21NO3/c1-11(17)16-10-5-4-7-12(16)15-13(18-2)8-6-9-14(15)19-3/h6,8-9,12H,4-5,7,10H2,1-3H3/t12-/m0/s1. The van der Waals surface area contributed by atoms with Gasteiger partial charge in [-0.15, -0.1) is 0 Å². The number of methoxy groups -OCH3 is 2. The van der Waals surface area contributed by atoms with Crippen LogP contribution in [0.25, 0.3) is 0 Å². The van der Waals surface area contributed by atoms with Gasteiger partial charge in [-0.05, 0) is 31.4 Å². The van der Waals surface area contributed by atoms with Crippen LogP contribution in [0.15, 0.2) is 18.2 Å². The Bertz CT molecular complexity index is 436. The summed E-state index contributed by atoms with van der Waals surface area (Å²) in [5, 5.41) is 0. The van der Waals surface area contributed by atoms with Gasteiger partial charge < -0.3 is 14.4 Å². The van der Waals surface area contributed by atoms with Crippen LogP contribution in [-0.4, -0.2) is 31.6 Å². The molecule has 0 N–H and O–H groups in total. The minimum Gasteiger partial charge on any atom is -0.496 e. The second-order valence-electron chi connectivity index (χ2n) is 4.80. The van der Waals surface area contributed by atoms with Crippen LogP contribution in [0.3, 0.4) is 0 Å². The van der Waals surface area contributed by atoms with Gasteiger partial charge in [-0.2, -0.15) is 0 Å². The van der Waals surface area contributed by atoms with E-state index in [1.165, 1.54) is 0 Å². The first kappa shape index (κ1) is 13.7. The molecule has 0 aromatic heterocycles. The highest BCUT2D eigenvalue weighted by atomic mass is 16.5. The van der Waals surface area contributed by atoms with Crippen molar-refractivity contribution in [3.63, 3.8) is 0 Å². The molecule has 1 aliphatic rings. The van der Waals surface area contributed by atoms with Crippen LogP contribution in [0, 0.1) is 0 Å². The van der Waals surface area contributed by atoms with E-state index in [9.17, 15) is 4.79 Å². The highest BCUT2D eigenvalue weighted by Gasteiger charge is 2.30. The molecule has 1 fully saturated rings. The molecule has 4 nitrogen and oxygen atoms in total. The minimum absolute atomic E-state index is 0.0531. The van der Waals surface area contributed by atoms with Gasteiger partial charge in [0.2, 0.25) is 5.91 Å². The van der Waals surface area contributed by atoms with Crippen LogP contribution >= 0.6 is 0 Å². The maximum absolute atomic E-state index is 11.8. The number of hydrogen-bond donors (Lipinski definition) is 0. The minimum atomic E-state index is 0.0531. The molecule has 1 atom stereocenters. The number of carbonyl (C=O) groups is 1. The number of carbonyl (C=O) groups excluding carboxylic acids is 1. The Morgan fingerprint density at radius 2 is 1.84 bits per heavy atom. The highest BCUT2D eigenvalue weighted by molar-refractivity contribution is 5.74. The summed E-state index contributed by atoms with van der Waals surface area (Å²) in [7, 11) is 3.30. The molecule has 1 aromatic rings. The molecular formula is C15H21NO3. The quantitative estimate of drug-likeness (QED) is 0.841. The second kappa shape index (κ2) is 5.95. The van der Waals surface area contributed by atoms with Crippen molar-refractivity contribution in [2.75, 3.05) is 20.8 Å². The molecule has 19 heavy (non-hydrogen) atoms. The number of piperidine rings is 1. The van der Waals surface area contributed by atoms with Crippen molar-refractivity contribution in [3.05, 3.63) is 23.8 Å². The summed E-state index contributed by atoms with van der Waals surface area (Å²) in [6.45, 7) is 2.43. The fourth-order valence-corrected chi connectivity index (χ4v) is 2.82. The third-order valence-electron chi connectivity index (χ3n) is 3.71. The van der Waals surface area contributed by atoms with Crippen molar-refractivity contribution in [1.29, 1.82) is 0 Å². The van der Waals surface area contributed by atoms with Gasteiger partial charge in [0.1, 0.15) is 11.5 Å². The summed E-state index contributed by atoms with van der Waals surface area (Å²) < 4.78 is 10.9. The highest BCUT2D eigenvalue weighted by Crippen LogP contribution is 2.41. The molecule has 0 unspecified atom stereocenters. The van der Waals surface area contributed by atoms with Crippen molar-refractivity contribution in [2.45, 2.75) is 32.2 Å². The Morgan fingerprint density at radius 3 is 2.37 bits per heavy atom. The predicted octanol–water partition coefficient (Wildman–Crippen LogP) is 2.78. The van der Waals surface area contributed by atoms with E-state index < -0.39 is 0 Å². The van der Waals surface area contributed by atoms with E-state index in [0.717, 1.165) is 42.9 Å². The SMILES string of the molecule is COc1cccc(OC)c1[C@@H]1CCCCN1C(C)=O. The zero-order valence-electron chi connectivity index (χ0n) is 11.8. The Kier molecular flexibility index (Phi) is 4.30. The Balaban J connectivity index is 2.45. The lowest BCUT2D eigenvalue weighted by molar-refractivity contribution is -0.132. The molecule has 104 valence electrons. The summed E-state index contributed by atoms with van der Waals surface area (Å²) in [5.41, 5.74) is 0.988. The summed E-state index contributed by atoms with van der Waals surface area (Å²) in [4.78, 5) is 13.7. The molecular weight excluding hydrogens is 242 g/mol. The summed E-state index contributed by atoms with van der Waals surface area (Å²) in [6.07, 6.45) is 3.14. The number of likely N-dealkylation sites (tertiary alicyclic amines) is 1. The summed E-state index contributed by atoms with van der Waals surface area (Å²) in [6, 6.07) is 5.80. The first-order valence-electron chi connectivity index (χ1n) is 6.67. The van der Waals surface area contributed by atoms with E-state index in [2.05, 4.69) is 0 Å². The van der Waals surface area contributed by atoms with E-state index in [4.69, 9.17) is 9.47 Å². The van der Waals surface area contributed by atoms with Crippen molar-refractivity contribution >= 4 is 5.91 Å². The van der Waals surface area contributed by atoms with Gasteiger partial charge >= 0.3 is 0 Å². The molecule has 0 aliphatic carbocycles. The van der Waals surface area contributed by atoms with E-state index in [-0.39, 0.29) is 11.9 Å². The van der Waals surface area contributed by atoms with Crippen molar-refractivity contribution in [3.8, 4) is 11.5 Å². The van der Waals surface area contributed by atoms with E-state index >= 15 is 0 Å². The van der Waals surface area contributed by atoms with Gasteiger partial charge in [-0.3, -0.25) is 4.79 Å². The monoisotopic (exact) mass is 263 g/mol. The zero-order chi connectivity index (χ0) is 13.8. The van der Waals surface area contributed by atoms with Gasteiger partial charge in [0, 0.05) is 13.5 Å². The van der Waals surface area contributed by atoms with Crippen LogP contribution in [0.2, 0.25) is 0 Å². The number of benzene rings is 1. The molecule has 1 aromatic carbocycles. The molecule has 1 aliphatic heterocycles. The Hall–Kier alpha value is -1.71. The molecule has 1 heterocycles. The number of hydrogen-bond acceptors (Lipinski definition) is 3. The lowest BCUT2D eigenvalue weighted by atomic mass is 9.93. The van der Waals surface area contributed by atoms with Crippen LogP contribution in [0.4, 0.5) is 0 Å². The molecule has 0 spiro atoms. The molecule has 1 amide bonds. The van der Waals surface area contributed by atoms with Crippen LogP contribution < -0.4 is 9.47 Å². The maximum Gasteiger partial charge on any atom is 0.219 e. The van der Waals surface area contributed by atoms with Crippen molar-refractivity contribution in [2.24, 2.45) is 0 Å². The zero-order valence-corrected chi connectivity index (χ0v) is 11.8. The smallest absolute Gasteiger partial charge is 0.219 e. The van der Waals surface area contributed by atoms with Crippen LogP contribution in [0.5, 0.6) is 11.5 Å². The number of ether oxygens (including phenoxy) is 2. The Labute approximate surface area is 114 Å². The number of rotatable bonds is 3. The normalized spacial score (nSPS) is 19.1. The maximum atomic E-state index is 11.8. The number of amides is 1. The lowest BCUT2D eigenvalue weighted by Gasteiger charge is -2.36. The van der Waals surface area contributed by atoms with Crippen molar-refractivity contribution < 1.29 is 14.3 Å².